The third-order valence-electron chi connectivity index (χ3n) is 4.77. The first kappa shape index (κ1) is 19.4. The Bertz CT molecular complexity index is 1040. The second-order valence-electron chi connectivity index (χ2n) is 7.14. The van der Waals surface area contributed by atoms with Gasteiger partial charge in [-0.3, -0.25) is 0 Å². The Labute approximate surface area is 160 Å². The minimum absolute atomic E-state index is 0.142. The first-order valence-corrected chi connectivity index (χ1v) is 10.8. The molecule has 3 aromatic rings. The Kier molecular flexibility index (Phi) is 5.51. The maximum Gasteiger partial charge on any atom is 0.178 e. The van der Waals surface area contributed by atoms with Crippen LogP contribution in [0.5, 0.6) is 0 Å². The maximum absolute atomic E-state index is 12.4. The Morgan fingerprint density at radius 1 is 1.15 bits per heavy atom. The van der Waals surface area contributed by atoms with Crippen molar-refractivity contribution in [3.8, 4) is 0 Å². The van der Waals surface area contributed by atoms with Crippen LogP contribution in [0.25, 0.3) is 11.0 Å². The fourth-order valence-electron chi connectivity index (χ4n) is 3.40. The van der Waals surface area contributed by atoms with Gasteiger partial charge in [0.2, 0.25) is 0 Å². The lowest BCUT2D eigenvalue weighted by atomic mass is 10.0. The molecule has 0 aliphatic heterocycles. The molecule has 2 heterocycles. The molecule has 3 rings (SSSR count). The molecule has 0 fully saturated rings. The zero-order valence-electron chi connectivity index (χ0n) is 16.0. The van der Waals surface area contributed by atoms with E-state index in [0.29, 0.717) is 29.2 Å². The van der Waals surface area contributed by atoms with E-state index in [2.05, 4.69) is 28.4 Å². The molecule has 2 aromatic heterocycles. The number of nitrogens with two attached hydrogens (primary N) is 1. The normalized spacial score (nSPS) is 12.1. The fraction of sp³-hybridized carbons (Fsp3) is 0.400. The van der Waals surface area contributed by atoms with Crippen LogP contribution in [0.1, 0.15) is 43.9 Å². The Balaban J connectivity index is 1.73. The van der Waals surface area contributed by atoms with Gasteiger partial charge in [-0.05, 0) is 43.4 Å². The van der Waals surface area contributed by atoms with Crippen LogP contribution < -0.4 is 5.73 Å². The lowest BCUT2D eigenvalue weighted by Gasteiger charge is -2.13. The topological polar surface area (TPSA) is 90.9 Å². The van der Waals surface area contributed by atoms with Crippen LogP contribution in [-0.4, -0.2) is 28.7 Å². The van der Waals surface area contributed by atoms with Crippen molar-refractivity contribution >= 4 is 26.7 Å². The number of fused-ring (bicyclic) bond motifs is 1. The van der Waals surface area contributed by atoms with E-state index in [4.69, 9.17) is 5.73 Å². The molecule has 0 spiro atoms. The number of benzene rings is 1. The monoisotopic (exact) mass is 386 g/mol. The van der Waals surface area contributed by atoms with Crippen LogP contribution in [0.2, 0.25) is 0 Å². The first-order valence-electron chi connectivity index (χ1n) is 9.20. The molecule has 0 bridgehead atoms. The average molecular weight is 387 g/mol. The molecular weight excluding hydrogens is 360 g/mol. The van der Waals surface area contributed by atoms with Gasteiger partial charge in [-0.15, -0.1) is 0 Å². The highest BCUT2D eigenvalue weighted by molar-refractivity contribution is 7.91. The second-order valence-corrected chi connectivity index (χ2v) is 9.25. The quantitative estimate of drug-likeness (QED) is 0.625. The molecule has 0 radical (unpaired) electrons. The number of pyridine rings is 1. The van der Waals surface area contributed by atoms with Gasteiger partial charge in [0, 0.05) is 6.54 Å². The minimum atomic E-state index is -3.23. The van der Waals surface area contributed by atoms with Gasteiger partial charge >= 0.3 is 0 Å². The molecule has 0 saturated heterocycles. The van der Waals surface area contributed by atoms with Crippen molar-refractivity contribution in [3.05, 3.63) is 47.9 Å². The summed E-state index contributed by atoms with van der Waals surface area (Å²) in [4.78, 5) is 9.29. The van der Waals surface area contributed by atoms with Gasteiger partial charge in [0.15, 0.2) is 15.7 Å². The first-order chi connectivity index (χ1) is 12.8. The summed E-state index contributed by atoms with van der Waals surface area (Å²) in [5.74, 6) is 0.865. The SMILES string of the molecule is Cc1c(C(C)C)nc(N)c2ncn(CCCCS(=O)(=O)c3ccccc3)c12. The zero-order valence-corrected chi connectivity index (χ0v) is 16.8. The molecule has 0 unspecified atom stereocenters. The van der Waals surface area contributed by atoms with Crippen molar-refractivity contribution in [3.63, 3.8) is 0 Å². The number of imidazole rings is 1. The zero-order chi connectivity index (χ0) is 19.6. The van der Waals surface area contributed by atoms with Crippen molar-refractivity contribution in [1.29, 1.82) is 0 Å². The van der Waals surface area contributed by atoms with E-state index in [-0.39, 0.29) is 11.7 Å². The molecule has 1 aromatic carbocycles. The third kappa shape index (κ3) is 3.98. The van der Waals surface area contributed by atoms with Crippen LogP contribution in [0.3, 0.4) is 0 Å². The van der Waals surface area contributed by atoms with Crippen molar-refractivity contribution < 1.29 is 8.42 Å². The van der Waals surface area contributed by atoms with E-state index in [1.165, 1.54) is 0 Å². The number of rotatable bonds is 7. The standard InChI is InChI=1S/C20H26N4O2S/c1-14(2)17-15(3)19-18(20(21)23-17)22-13-24(19)11-7-8-12-27(25,26)16-9-5-4-6-10-16/h4-6,9-10,13-14H,7-8,11-12H2,1-3H3,(H2,21,23). The number of nitrogen functional groups attached to an aromatic ring is 1. The van der Waals surface area contributed by atoms with Crippen molar-refractivity contribution in [1.82, 2.24) is 14.5 Å². The number of anilines is 1. The number of nitrogens with zero attached hydrogens (tertiary/aromatic N) is 3. The summed E-state index contributed by atoms with van der Waals surface area (Å²) in [6, 6.07) is 8.60. The van der Waals surface area contributed by atoms with Crippen LogP contribution in [0, 0.1) is 6.92 Å². The average Bonchev–Trinajstić information content (AvgIpc) is 3.07. The maximum atomic E-state index is 12.4. The Morgan fingerprint density at radius 2 is 1.85 bits per heavy atom. The van der Waals surface area contributed by atoms with E-state index in [0.717, 1.165) is 23.2 Å². The lowest BCUT2D eigenvalue weighted by Crippen LogP contribution is -2.08. The van der Waals surface area contributed by atoms with Crippen LogP contribution in [-0.2, 0) is 16.4 Å². The fourth-order valence-corrected chi connectivity index (χ4v) is 4.79. The molecule has 7 heteroatoms. The smallest absolute Gasteiger partial charge is 0.178 e. The van der Waals surface area contributed by atoms with Crippen molar-refractivity contribution in [2.75, 3.05) is 11.5 Å². The molecule has 0 aliphatic carbocycles. The summed E-state index contributed by atoms with van der Waals surface area (Å²) in [5, 5.41) is 0. The Morgan fingerprint density at radius 3 is 2.52 bits per heavy atom. The van der Waals surface area contributed by atoms with E-state index in [1.54, 1.807) is 30.6 Å². The van der Waals surface area contributed by atoms with Gasteiger partial charge in [0.25, 0.3) is 0 Å². The highest BCUT2D eigenvalue weighted by Crippen LogP contribution is 2.28. The van der Waals surface area contributed by atoms with E-state index in [1.807, 2.05) is 13.0 Å². The highest BCUT2D eigenvalue weighted by Gasteiger charge is 2.17. The lowest BCUT2D eigenvalue weighted by molar-refractivity contribution is 0.584. The summed E-state index contributed by atoms with van der Waals surface area (Å²) in [6.07, 6.45) is 3.11. The number of aryl methyl sites for hydroxylation is 2. The molecule has 144 valence electrons. The van der Waals surface area contributed by atoms with Gasteiger partial charge in [0.1, 0.15) is 5.52 Å². The molecular formula is C20H26N4O2S. The van der Waals surface area contributed by atoms with Gasteiger partial charge in [-0.1, -0.05) is 32.0 Å². The molecule has 0 saturated carbocycles. The molecule has 0 amide bonds. The number of aromatic nitrogens is 3. The summed E-state index contributed by atoms with van der Waals surface area (Å²) < 4.78 is 26.8. The molecule has 0 atom stereocenters. The summed E-state index contributed by atoms with van der Waals surface area (Å²) in [6.45, 7) is 6.93. The van der Waals surface area contributed by atoms with Crippen molar-refractivity contribution in [2.45, 2.75) is 51.0 Å². The Hall–Kier alpha value is -2.41. The number of sulfone groups is 1. The minimum Gasteiger partial charge on any atom is -0.382 e. The van der Waals surface area contributed by atoms with Crippen LogP contribution in [0.4, 0.5) is 5.82 Å². The summed E-state index contributed by atoms with van der Waals surface area (Å²) in [5.41, 5.74) is 9.87. The van der Waals surface area contributed by atoms with Gasteiger partial charge in [-0.25, -0.2) is 18.4 Å². The molecule has 0 aliphatic rings. The van der Waals surface area contributed by atoms with Crippen LogP contribution >= 0.6 is 0 Å². The second kappa shape index (κ2) is 7.68. The largest absolute Gasteiger partial charge is 0.382 e. The molecule has 27 heavy (non-hydrogen) atoms. The number of hydrogen-bond donors (Lipinski definition) is 1. The van der Waals surface area contributed by atoms with Gasteiger partial charge in [-0.2, -0.15) is 0 Å². The number of hydrogen-bond acceptors (Lipinski definition) is 5. The van der Waals surface area contributed by atoms with Crippen LogP contribution in [0.15, 0.2) is 41.6 Å². The predicted octanol–water partition coefficient (Wildman–Crippen LogP) is 3.70. The number of unbranched alkanes of at least 4 members (excludes halogenated alkanes) is 1. The highest BCUT2D eigenvalue weighted by atomic mass is 32.2. The van der Waals surface area contributed by atoms with E-state index >= 15 is 0 Å². The third-order valence-corrected chi connectivity index (χ3v) is 6.59. The predicted molar refractivity (Wildman–Crippen MR) is 108 cm³/mol. The summed E-state index contributed by atoms with van der Waals surface area (Å²) >= 11 is 0. The molecule has 6 nitrogen and oxygen atoms in total. The van der Waals surface area contributed by atoms with Gasteiger partial charge in [0.05, 0.1) is 28.2 Å². The van der Waals surface area contributed by atoms with E-state index in [9.17, 15) is 8.42 Å². The van der Waals surface area contributed by atoms with E-state index < -0.39 is 9.84 Å². The summed E-state index contributed by atoms with van der Waals surface area (Å²) in [7, 11) is -3.23. The van der Waals surface area contributed by atoms with Gasteiger partial charge < -0.3 is 10.3 Å². The molecule has 2 N–H and O–H groups in total. The van der Waals surface area contributed by atoms with Crippen molar-refractivity contribution in [2.24, 2.45) is 0 Å².